The molecule has 2 aromatic carbocycles. The molecule has 0 fully saturated rings. The summed E-state index contributed by atoms with van der Waals surface area (Å²) in [7, 11) is -0.0431. The molecule has 0 aliphatic heterocycles. The van der Waals surface area contributed by atoms with Crippen LogP contribution in [0.4, 0.5) is 0 Å². The molecule has 0 unspecified atom stereocenters. The van der Waals surface area contributed by atoms with Gasteiger partial charge in [-0.3, -0.25) is 0 Å². The van der Waals surface area contributed by atoms with Gasteiger partial charge in [0.15, 0.2) is 0 Å². The van der Waals surface area contributed by atoms with Crippen molar-refractivity contribution in [1.82, 2.24) is 4.31 Å². The molecular formula is C18H23NO3S. The summed E-state index contributed by atoms with van der Waals surface area (Å²) >= 11 is 0. The van der Waals surface area contributed by atoms with E-state index in [1.807, 2.05) is 55.5 Å². The Hall–Kier alpha value is -1.85. The maximum absolute atomic E-state index is 12.4. The Balaban J connectivity index is 1.94. The van der Waals surface area contributed by atoms with Gasteiger partial charge in [0, 0.05) is 13.6 Å². The zero-order valence-corrected chi connectivity index (χ0v) is 14.6. The first-order chi connectivity index (χ1) is 10.9. The number of hydrogen-bond acceptors (Lipinski definition) is 3. The largest absolute Gasteiger partial charge is 0.497 e. The fraction of sp³-hybridized carbons (Fsp3) is 0.333. The zero-order valence-electron chi connectivity index (χ0n) is 13.8. The van der Waals surface area contributed by atoms with Gasteiger partial charge in [-0.25, -0.2) is 12.7 Å². The van der Waals surface area contributed by atoms with E-state index in [0.717, 1.165) is 22.4 Å². The molecule has 5 heteroatoms. The van der Waals surface area contributed by atoms with Crippen LogP contribution in [0.25, 0.3) is 0 Å². The molecule has 2 rings (SSSR count). The topological polar surface area (TPSA) is 46.6 Å². The first-order valence-corrected chi connectivity index (χ1v) is 9.14. The van der Waals surface area contributed by atoms with Crippen molar-refractivity contribution in [2.75, 3.05) is 20.7 Å². The number of aryl methyl sites for hydroxylation is 1. The lowest BCUT2D eigenvalue weighted by Crippen LogP contribution is -2.30. The first-order valence-electron chi connectivity index (χ1n) is 7.53. The fourth-order valence-electron chi connectivity index (χ4n) is 2.22. The Morgan fingerprint density at radius 1 is 0.957 bits per heavy atom. The average molecular weight is 333 g/mol. The van der Waals surface area contributed by atoms with Crippen LogP contribution in [0.5, 0.6) is 5.75 Å². The first kappa shape index (κ1) is 17.5. The van der Waals surface area contributed by atoms with Gasteiger partial charge in [0.1, 0.15) is 5.75 Å². The van der Waals surface area contributed by atoms with Gasteiger partial charge in [-0.2, -0.15) is 0 Å². The van der Waals surface area contributed by atoms with Crippen LogP contribution in [-0.4, -0.2) is 33.4 Å². The summed E-state index contributed by atoms with van der Waals surface area (Å²) in [6.07, 6.45) is 0.674. The average Bonchev–Trinajstić information content (AvgIpc) is 2.55. The molecule has 0 radical (unpaired) electrons. The smallest absolute Gasteiger partial charge is 0.218 e. The highest BCUT2D eigenvalue weighted by Crippen LogP contribution is 2.14. The van der Waals surface area contributed by atoms with E-state index in [9.17, 15) is 8.42 Å². The maximum Gasteiger partial charge on any atom is 0.218 e. The van der Waals surface area contributed by atoms with Gasteiger partial charge in [0.2, 0.25) is 10.0 Å². The third-order valence-electron chi connectivity index (χ3n) is 3.82. The third-order valence-corrected chi connectivity index (χ3v) is 5.65. The minimum Gasteiger partial charge on any atom is -0.497 e. The molecule has 0 amide bonds. The van der Waals surface area contributed by atoms with Gasteiger partial charge in [-0.15, -0.1) is 0 Å². The van der Waals surface area contributed by atoms with Crippen molar-refractivity contribution in [2.24, 2.45) is 0 Å². The maximum atomic E-state index is 12.4. The summed E-state index contributed by atoms with van der Waals surface area (Å²) in [5.41, 5.74) is 3.02. The molecule has 4 nitrogen and oxygen atoms in total. The van der Waals surface area contributed by atoms with E-state index in [1.54, 1.807) is 14.2 Å². The van der Waals surface area contributed by atoms with Crippen LogP contribution in [0.15, 0.2) is 48.5 Å². The second-order valence-electron chi connectivity index (χ2n) is 5.66. The fourth-order valence-corrected chi connectivity index (χ4v) is 3.43. The summed E-state index contributed by atoms with van der Waals surface area (Å²) < 4.78 is 31.4. The van der Waals surface area contributed by atoms with Crippen molar-refractivity contribution in [1.29, 1.82) is 0 Å². The predicted molar refractivity (Wildman–Crippen MR) is 93.1 cm³/mol. The molecule has 0 heterocycles. The molecule has 0 atom stereocenters. The van der Waals surface area contributed by atoms with Crippen molar-refractivity contribution >= 4 is 10.0 Å². The van der Waals surface area contributed by atoms with E-state index in [0.29, 0.717) is 13.0 Å². The zero-order chi connectivity index (χ0) is 16.9. The van der Waals surface area contributed by atoms with E-state index in [1.165, 1.54) is 4.31 Å². The second kappa shape index (κ2) is 7.62. The van der Waals surface area contributed by atoms with E-state index in [4.69, 9.17) is 4.74 Å². The van der Waals surface area contributed by atoms with Crippen LogP contribution in [0.3, 0.4) is 0 Å². The normalized spacial score (nSPS) is 11.7. The van der Waals surface area contributed by atoms with Crippen LogP contribution in [-0.2, 0) is 22.2 Å². The number of hydrogen-bond donors (Lipinski definition) is 0. The molecule has 0 saturated carbocycles. The van der Waals surface area contributed by atoms with Crippen LogP contribution >= 0.6 is 0 Å². The van der Waals surface area contributed by atoms with Crippen LogP contribution in [0, 0.1) is 6.92 Å². The predicted octanol–water partition coefficient (Wildman–Crippen LogP) is 3.01. The summed E-state index contributed by atoms with van der Waals surface area (Å²) in [4.78, 5) is 0. The monoisotopic (exact) mass is 333 g/mol. The minimum absolute atomic E-state index is 0.0341. The van der Waals surface area contributed by atoms with Gasteiger partial charge < -0.3 is 4.74 Å². The minimum atomic E-state index is -3.30. The summed E-state index contributed by atoms with van der Waals surface area (Å²) in [5.74, 6) is 0.834. The SMILES string of the molecule is COc1ccc(CCN(C)S(=O)(=O)Cc2ccc(C)cc2)cc1. The lowest BCUT2D eigenvalue weighted by molar-refractivity contribution is 0.414. The van der Waals surface area contributed by atoms with Gasteiger partial charge in [-0.1, -0.05) is 42.0 Å². The quantitative estimate of drug-likeness (QED) is 0.782. The number of sulfonamides is 1. The number of methoxy groups -OCH3 is 1. The number of ether oxygens (including phenoxy) is 1. The summed E-state index contributed by atoms with van der Waals surface area (Å²) in [5, 5.41) is 0. The molecule has 0 aliphatic rings. The molecule has 0 bridgehead atoms. The molecule has 0 spiro atoms. The number of benzene rings is 2. The van der Waals surface area contributed by atoms with E-state index < -0.39 is 10.0 Å². The molecule has 0 aliphatic carbocycles. The molecular weight excluding hydrogens is 310 g/mol. The number of likely N-dealkylation sites (N-methyl/N-ethyl adjacent to an activating group) is 1. The highest BCUT2D eigenvalue weighted by atomic mass is 32.2. The molecule has 23 heavy (non-hydrogen) atoms. The van der Waals surface area contributed by atoms with Crippen molar-refractivity contribution in [3.05, 3.63) is 65.2 Å². The summed E-state index contributed by atoms with van der Waals surface area (Å²) in [6, 6.07) is 15.3. The molecule has 0 aromatic heterocycles. The van der Waals surface area contributed by atoms with Gasteiger partial charge in [0.05, 0.1) is 12.9 Å². The Labute approximate surface area is 138 Å². The molecule has 2 aromatic rings. The van der Waals surface area contributed by atoms with Crippen LogP contribution in [0.1, 0.15) is 16.7 Å². The number of nitrogens with zero attached hydrogens (tertiary/aromatic N) is 1. The lowest BCUT2D eigenvalue weighted by atomic mass is 10.1. The lowest BCUT2D eigenvalue weighted by Gasteiger charge is -2.17. The Morgan fingerprint density at radius 3 is 2.09 bits per heavy atom. The molecule has 0 saturated heterocycles. The molecule has 124 valence electrons. The van der Waals surface area contributed by atoms with E-state index >= 15 is 0 Å². The number of rotatable bonds is 7. The van der Waals surface area contributed by atoms with E-state index in [2.05, 4.69) is 0 Å². The van der Waals surface area contributed by atoms with Crippen molar-refractivity contribution in [3.63, 3.8) is 0 Å². The Bertz CT molecular complexity index is 722. The van der Waals surface area contributed by atoms with Crippen molar-refractivity contribution in [3.8, 4) is 5.75 Å². The Kier molecular flexibility index (Phi) is 5.80. The van der Waals surface area contributed by atoms with Crippen molar-refractivity contribution in [2.45, 2.75) is 19.1 Å². The van der Waals surface area contributed by atoms with Crippen molar-refractivity contribution < 1.29 is 13.2 Å². The highest BCUT2D eigenvalue weighted by Gasteiger charge is 2.18. The van der Waals surface area contributed by atoms with Gasteiger partial charge in [-0.05, 0) is 36.6 Å². The third kappa shape index (κ3) is 5.08. The van der Waals surface area contributed by atoms with E-state index in [-0.39, 0.29) is 5.75 Å². The van der Waals surface area contributed by atoms with Crippen LogP contribution < -0.4 is 4.74 Å². The highest BCUT2D eigenvalue weighted by molar-refractivity contribution is 7.88. The van der Waals surface area contributed by atoms with Gasteiger partial charge >= 0.3 is 0 Å². The second-order valence-corrected chi connectivity index (χ2v) is 7.74. The summed E-state index contributed by atoms with van der Waals surface area (Å²) in [6.45, 7) is 2.44. The molecule has 0 N–H and O–H groups in total. The Morgan fingerprint density at radius 2 is 1.52 bits per heavy atom. The van der Waals surface area contributed by atoms with Gasteiger partial charge in [0.25, 0.3) is 0 Å². The van der Waals surface area contributed by atoms with Crippen LogP contribution in [0.2, 0.25) is 0 Å². The standard InChI is InChI=1S/C18H23NO3S/c1-15-4-6-17(7-5-15)14-23(20,21)19(2)13-12-16-8-10-18(22-3)11-9-16/h4-11H,12-14H2,1-3H3.